The maximum absolute atomic E-state index is 13.0. The van der Waals surface area contributed by atoms with E-state index in [1.165, 1.54) is 128 Å². The number of amides is 2. The molecule has 2 amide bonds. The first-order chi connectivity index (χ1) is 26.0. The predicted octanol–water partition coefficient (Wildman–Crippen LogP) is 12.1. The molecule has 0 spiro atoms. The van der Waals surface area contributed by atoms with E-state index in [0.717, 1.165) is 38.5 Å². The van der Waals surface area contributed by atoms with Gasteiger partial charge in [-0.15, -0.1) is 0 Å². The molecule has 54 heavy (non-hydrogen) atoms. The molecule has 0 radical (unpaired) electrons. The van der Waals surface area contributed by atoms with E-state index >= 15 is 0 Å². The highest BCUT2D eigenvalue weighted by Gasteiger charge is 2.28. The number of rotatable bonds is 38. The topological polar surface area (TPSA) is 111 Å². The van der Waals surface area contributed by atoms with E-state index in [-0.39, 0.29) is 30.3 Å². The lowest BCUT2D eigenvalue weighted by Gasteiger charge is -2.24. The molecule has 0 aliphatic heterocycles. The Morgan fingerprint density at radius 1 is 0.426 bits per heavy atom. The molecule has 0 aliphatic carbocycles. The summed E-state index contributed by atoms with van der Waals surface area (Å²) in [6.45, 7) is 13.9. The number of carbonyl (C=O) groups excluding carboxylic acids is 4. The molecule has 0 rings (SSSR count). The number of hydrogen-bond donors (Lipinski definition) is 2. The second-order valence-electron chi connectivity index (χ2n) is 16.8. The molecule has 3 unspecified atom stereocenters. The third kappa shape index (κ3) is 31.1. The van der Waals surface area contributed by atoms with Crippen LogP contribution in [-0.2, 0) is 28.7 Å². The largest absolute Gasteiger partial charge is 0.464 e. The number of carbonyl (C=O) groups is 4. The Kier molecular flexibility index (Phi) is 35.1. The first-order valence-electron chi connectivity index (χ1n) is 23.0. The van der Waals surface area contributed by atoms with Crippen LogP contribution in [0.5, 0.6) is 0 Å². The van der Waals surface area contributed by atoms with Gasteiger partial charge in [0.15, 0.2) is 0 Å². The van der Waals surface area contributed by atoms with Crippen molar-refractivity contribution in [1.29, 1.82) is 0 Å². The summed E-state index contributed by atoms with van der Waals surface area (Å²) in [5.41, 5.74) is 0. The molecule has 0 heterocycles. The van der Waals surface area contributed by atoms with Gasteiger partial charge in [0, 0.05) is 19.3 Å². The van der Waals surface area contributed by atoms with E-state index in [0.29, 0.717) is 19.3 Å². The van der Waals surface area contributed by atoms with Crippen LogP contribution in [0.4, 0.5) is 0 Å². The smallest absolute Gasteiger partial charge is 0.329 e. The summed E-state index contributed by atoms with van der Waals surface area (Å²) in [6.07, 6.45) is 33.2. The van der Waals surface area contributed by atoms with Crippen LogP contribution in [0.3, 0.4) is 0 Å². The lowest BCUT2D eigenvalue weighted by molar-refractivity contribution is -0.156. The fraction of sp³-hybridized carbons (Fsp3) is 0.913. The zero-order chi connectivity index (χ0) is 40.2. The zero-order valence-electron chi connectivity index (χ0n) is 36.5. The van der Waals surface area contributed by atoms with E-state index in [1.54, 1.807) is 6.92 Å². The first kappa shape index (κ1) is 51.9. The van der Waals surface area contributed by atoms with Gasteiger partial charge in [0.05, 0.1) is 6.61 Å². The number of nitrogens with one attached hydrogen (secondary N) is 2. The third-order valence-corrected chi connectivity index (χ3v) is 10.6. The van der Waals surface area contributed by atoms with Gasteiger partial charge in [0.25, 0.3) is 0 Å². The maximum Gasteiger partial charge on any atom is 0.329 e. The summed E-state index contributed by atoms with van der Waals surface area (Å²) in [7, 11) is 0. The highest BCUT2D eigenvalue weighted by Crippen LogP contribution is 2.16. The van der Waals surface area contributed by atoms with Crippen molar-refractivity contribution in [3.8, 4) is 0 Å². The van der Waals surface area contributed by atoms with Crippen molar-refractivity contribution in [2.45, 2.75) is 253 Å². The van der Waals surface area contributed by atoms with Crippen molar-refractivity contribution in [1.82, 2.24) is 10.6 Å². The van der Waals surface area contributed by atoms with Crippen LogP contribution in [0, 0.1) is 11.8 Å². The summed E-state index contributed by atoms with van der Waals surface area (Å²) in [6, 6.07) is -1.44. The van der Waals surface area contributed by atoms with Crippen molar-refractivity contribution < 1.29 is 28.7 Å². The maximum atomic E-state index is 13.0. The molecular formula is C46H88N2O6. The van der Waals surface area contributed by atoms with E-state index in [4.69, 9.17) is 9.47 Å². The Morgan fingerprint density at radius 2 is 0.722 bits per heavy atom. The van der Waals surface area contributed by atoms with Crippen molar-refractivity contribution in [3.63, 3.8) is 0 Å². The molecule has 2 N–H and O–H groups in total. The van der Waals surface area contributed by atoms with Gasteiger partial charge < -0.3 is 20.1 Å². The van der Waals surface area contributed by atoms with Gasteiger partial charge in [-0.25, -0.2) is 9.59 Å². The molecule has 0 bridgehead atoms. The van der Waals surface area contributed by atoms with Gasteiger partial charge >= 0.3 is 11.9 Å². The molecule has 0 aromatic heterocycles. The highest BCUT2D eigenvalue weighted by atomic mass is 16.6. The molecule has 0 saturated carbocycles. The van der Waals surface area contributed by atoms with Crippen molar-refractivity contribution in [2.75, 3.05) is 6.61 Å². The normalized spacial score (nSPS) is 13.1. The summed E-state index contributed by atoms with van der Waals surface area (Å²) in [5, 5.41) is 5.76. The van der Waals surface area contributed by atoms with E-state index in [9.17, 15) is 19.2 Å². The van der Waals surface area contributed by atoms with E-state index in [2.05, 4.69) is 24.5 Å². The molecule has 3 atom stereocenters. The second-order valence-corrected chi connectivity index (χ2v) is 16.8. The fourth-order valence-corrected chi connectivity index (χ4v) is 6.84. The van der Waals surface area contributed by atoms with Crippen LogP contribution in [-0.4, -0.2) is 48.5 Å². The second kappa shape index (κ2) is 36.5. The Hall–Kier alpha value is -2.12. The molecule has 0 aromatic carbocycles. The van der Waals surface area contributed by atoms with Crippen LogP contribution < -0.4 is 10.6 Å². The molecular weight excluding hydrogens is 677 g/mol. The number of unbranched alkanes of at least 4 members (excludes halogenated alkanes) is 24. The van der Waals surface area contributed by atoms with Crippen LogP contribution in [0.25, 0.3) is 0 Å². The van der Waals surface area contributed by atoms with Crippen molar-refractivity contribution in [2.24, 2.45) is 11.8 Å². The Bertz CT molecular complexity index is 923. The average molecular weight is 765 g/mol. The molecule has 0 fully saturated rings. The third-order valence-electron chi connectivity index (χ3n) is 10.6. The minimum Gasteiger partial charge on any atom is -0.464 e. The molecule has 0 aromatic rings. The number of esters is 2. The average Bonchev–Trinajstić information content (AvgIpc) is 3.13. The predicted molar refractivity (Wildman–Crippen MR) is 225 cm³/mol. The van der Waals surface area contributed by atoms with Gasteiger partial charge in [0.2, 0.25) is 11.8 Å². The van der Waals surface area contributed by atoms with Gasteiger partial charge in [-0.05, 0) is 31.6 Å². The number of ether oxygens (including phenoxy) is 2. The lowest BCUT2D eigenvalue weighted by atomic mass is 10.0. The Morgan fingerprint density at radius 3 is 1.04 bits per heavy atom. The molecule has 318 valence electrons. The molecule has 8 nitrogen and oxygen atoms in total. The molecule has 0 aliphatic rings. The van der Waals surface area contributed by atoms with Gasteiger partial charge in [-0.1, -0.05) is 196 Å². The highest BCUT2D eigenvalue weighted by molar-refractivity contribution is 5.85. The summed E-state index contributed by atoms with van der Waals surface area (Å²) < 4.78 is 11.2. The standard InChI is InChI=1S/C46H88N2O6/c1-8-10-12-14-16-18-20-22-24-26-28-30-32-34-41(49)47-43(38(3)4)45(51)53-37-36-40(7)54-46(52)44(39(5)6)48-42(50)35-33-31-29-27-25-23-21-19-17-15-13-11-9-2/h38-40,43-44H,8-37H2,1-7H3,(H,47,49)(H,48,50). The monoisotopic (exact) mass is 765 g/mol. The van der Waals surface area contributed by atoms with Gasteiger partial charge in [-0.2, -0.15) is 0 Å². The Balaban J connectivity index is 4.20. The quantitative estimate of drug-likeness (QED) is 0.0478. The van der Waals surface area contributed by atoms with Crippen LogP contribution in [0.2, 0.25) is 0 Å². The van der Waals surface area contributed by atoms with E-state index in [1.807, 2.05) is 27.7 Å². The first-order valence-corrected chi connectivity index (χ1v) is 23.0. The number of hydrogen-bond acceptors (Lipinski definition) is 6. The molecule has 8 heteroatoms. The van der Waals surface area contributed by atoms with Crippen molar-refractivity contribution >= 4 is 23.8 Å². The molecule has 0 saturated heterocycles. The minimum absolute atomic E-state index is 0.0724. The summed E-state index contributed by atoms with van der Waals surface area (Å²) >= 11 is 0. The minimum atomic E-state index is -0.722. The van der Waals surface area contributed by atoms with E-state index < -0.39 is 30.1 Å². The van der Waals surface area contributed by atoms with Crippen molar-refractivity contribution in [3.05, 3.63) is 0 Å². The lowest BCUT2D eigenvalue weighted by Crippen LogP contribution is -2.46. The SMILES string of the molecule is CCCCCCCCCCCCCCCC(=O)NC(C(=O)OCCC(C)OC(=O)C(NC(=O)CCCCCCCCCCCCCCC)C(C)C)C(C)C. The Labute approximate surface area is 333 Å². The van der Waals surface area contributed by atoms with Crippen LogP contribution in [0.15, 0.2) is 0 Å². The van der Waals surface area contributed by atoms with Gasteiger partial charge in [0.1, 0.15) is 18.2 Å². The fourth-order valence-electron chi connectivity index (χ4n) is 6.84. The van der Waals surface area contributed by atoms with Gasteiger partial charge in [-0.3, -0.25) is 9.59 Å². The summed E-state index contributed by atoms with van der Waals surface area (Å²) in [4.78, 5) is 51.1. The summed E-state index contributed by atoms with van der Waals surface area (Å²) in [5.74, 6) is -1.41. The zero-order valence-corrected chi connectivity index (χ0v) is 36.5. The van der Waals surface area contributed by atoms with Crippen LogP contribution >= 0.6 is 0 Å². The van der Waals surface area contributed by atoms with Crippen LogP contribution in [0.1, 0.15) is 235 Å².